The molecule has 0 aliphatic carbocycles. The van der Waals surface area contributed by atoms with Crippen molar-refractivity contribution in [3.63, 3.8) is 0 Å². The lowest BCUT2D eigenvalue weighted by atomic mass is 9.99. The Bertz CT molecular complexity index is 679. The van der Waals surface area contributed by atoms with Crippen LogP contribution < -0.4 is 5.32 Å². The zero-order valence-corrected chi connectivity index (χ0v) is 15.2. The molecule has 1 fully saturated rings. The van der Waals surface area contributed by atoms with Gasteiger partial charge in [-0.25, -0.2) is 12.7 Å². The Morgan fingerprint density at radius 2 is 2.13 bits per heavy atom. The van der Waals surface area contributed by atoms with Gasteiger partial charge in [-0.3, -0.25) is 4.79 Å². The number of sulfonamides is 1. The molecule has 23 heavy (non-hydrogen) atoms. The minimum Gasteiger partial charge on any atom is -0.324 e. The van der Waals surface area contributed by atoms with E-state index in [2.05, 4.69) is 5.32 Å². The zero-order valence-electron chi connectivity index (χ0n) is 12.9. The number of nitrogens with one attached hydrogen (secondary N) is 1. The lowest BCUT2D eigenvalue weighted by Crippen LogP contribution is -2.44. The quantitative estimate of drug-likeness (QED) is 0.853. The van der Waals surface area contributed by atoms with E-state index < -0.39 is 10.0 Å². The van der Waals surface area contributed by atoms with Gasteiger partial charge in [0.05, 0.1) is 22.4 Å². The normalized spacial score (nSPS) is 19.5. The number of carbonyl (C=O) groups excluding carboxylic acids is 1. The first-order chi connectivity index (χ1) is 10.8. The molecule has 0 saturated carbocycles. The molecule has 0 aromatic heterocycles. The smallest absolute Gasteiger partial charge is 0.228 e. The summed E-state index contributed by atoms with van der Waals surface area (Å²) in [4.78, 5) is 12.4. The van der Waals surface area contributed by atoms with Crippen molar-refractivity contribution < 1.29 is 13.2 Å². The summed E-state index contributed by atoms with van der Waals surface area (Å²) in [6.45, 7) is 2.52. The van der Waals surface area contributed by atoms with Gasteiger partial charge in [0.2, 0.25) is 15.9 Å². The Balaban J connectivity index is 2.06. The van der Waals surface area contributed by atoms with Crippen molar-refractivity contribution in [1.82, 2.24) is 4.31 Å². The van der Waals surface area contributed by atoms with E-state index in [9.17, 15) is 13.2 Å². The highest BCUT2D eigenvalue weighted by Crippen LogP contribution is 2.27. The topological polar surface area (TPSA) is 66.5 Å². The Morgan fingerprint density at radius 1 is 1.39 bits per heavy atom. The van der Waals surface area contributed by atoms with Gasteiger partial charge in [-0.2, -0.15) is 0 Å². The monoisotopic (exact) mass is 378 g/mol. The number of benzene rings is 1. The molecule has 1 aromatic rings. The van der Waals surface area contributed by atoms with Crippen molar-refractivity contribution in [2.75, 3.05) is 24.2 Å². The molecule has 5 nitrogen and oxygen atoms in total. The summed E-state index contributed by atoms with van der Waals surface area (Å²) in [7, 11) is -3.28. The molecular formula is C15H20Cl2N2O3S. The maximum Gasteiger partial charge on any atom is 0.228 e. The number of amides is 1. The third-order valence-electron chi connectivity index (χ3n) is 3.80. The highest BCUT2D eigenvalue weighted by molar-refractivity contribution is 7.89. The highest BCUT2D eigenvalue weighted by Gasteiger charge is 2.32. The van der Waals surface area contributed by atoms with Crippen LogP contribution in [0, 0.1) is 5.92 Å². The molecule has 1 atom stereocenters. The summed E-state index contributed by atoms with van der Waals surface area (Å²) in [5.41, 5.74) is 0.442. The minimum absolute atomic E-state index is 0.113. The average molecular weight is 379 g/mol. The van der Waals surface area contributed by atoms with Gasteiger partial charge < -0.3 is 5.32 Å². The number of piperidine rings is 1. The maximum absolute atomic E-state index is 12.4. The Hall–Kier alpha value is -0.820. The standard InChI is InChI=1S/C15H20Cl2N2O3S/c1-2-8-23(21,22)19-7-3-4-11(10-19)15(20)18-14-9-12(16)5-6-13(14)17/h5-6,9,11H,2-4,7-8,10H2,1H3,(H,18,20)/t11-/m1/s1. The second-order valence-corrected chi connectivity index (χ2v) is 8.56. The predicted molar refractivity (Wildman–Crippen MR) is 93.5 cm³/mol. The van der Waals surface area contributed by atoms with Crippen LogP contribution in [0.3, 0.4) is 0 Å². The summed E-state index contributed by atoms with van der Waals surface area (Å²) in [6, 6.07) is 4.83. The van der Waals surface area contributed by atoms with Crippen molar-refractivity contribution in [2.24, 2.45) is 5.92 Å². The lowest BCUT2D eigenvalue weighted by molar-refractivity contribution is -0.120. The van der Waals surface area contributed by atoms with E-state index in [1.54, 1.807) is 18.2 Å². The summed E-state index contributed by atoms with van der Waals surface area (Å²) in [5, 5.41) is 3.62. The van der Waals surface area contributed by atoms with Crippen LogP contribution in [0.1, 0.15) is 26.2 Å². The molecule has 0 unspecified atom stereocenters. The van der Waals surface area contributed by atoms with Crippen molar-refractivity contribution in [3.8, 4) is 0 Å². The molecule has 0 spiro atoms. The minimum atomic E-state index is -3.28. The molecule has 1 saturated heterocycles. The Labute approximate surface area is 147 Å². The number of hydrogen-bond acceptors (Lipinski definition) is 3. The number of hydrogen-bond donors (Lipinski definition) is 1. The van der Waals surface area contributed by atoms with Crippen molar-refractivity contribution in [3.05, 3.63) is 28.2 Å². The average Bonchev–Trinajstić information content (AvgIpc) is 2.51. The van der Waals surface area contributed by atoms with Gasteiger partial charge >= 0.3 is 0 Å². The van der Waals surface area contributed by atoms with E-state index in [-0.39, 0.29) is 24.1 Å². The third-order valence-corrected chi connectivity index (χ3v) is 6.40. The van der Waals surface area contributed by atoms with Gasteiger partial charge in [0.1, 0.15) is 0 Å². The van der Waals surface area contributed by atoms with Crippen LogP contribution in [0.4, 0.5) is 5.69 Å². The van der Waals surface area contributed by atoms with Crippen LogP contribution in [0.2, 0.25) is 10.0 Å². The molecule has 1 N–H and O–H groups in total. The maximum atomic E-state index is 12.4. The van der Waals surface area contributed by atoms with E-state index in [1.165, 1.54) is 4.31 Å². The molecule has 128 valence electrons. The van der Waals surface area contributed by atoms with Crippen LogP contribution >= 0.6 is 23.2 Å². The molecule has 0 radical (unpaired) electrons. The summed E-state index contributed by atoms with van der Waals surface area (Å²) in [5.74, 6) is -0.502. The molecule has 8 heteroatoms. The fourth-order valence-corrected chi connectivity index (χ4v) is 4.55. The van der Waals surface area contributed by atoms with Crippen LogP contribution in [-0.2, 0) is 14.8 Å². The van der Waals surface area contributed by atoms with E-state index in [4.69, 9.17) is 23.2 Å². The van der Waals surface area contributed by atoms with Crippen LogP contribution in [0.25, 0.3) is 0 Å². The van der Waals surface area contributed by atoms with Gasteiger partial charge in [0.15, 0.2) is 0 Å². The molecule has 1 aromatic carbocycles. The predicted octanol–water partition coefficient (Wildman–Crippen LogP) is 3.38. The van der Waals surface area contributed by atoms with Crippen molar-refractivity contribution in [1.29, 1.82) is 0 Å². The lowest BCUT2D eigenvalue weighted by Gasteiger charge is -2.31. The van der Waals surface area contributed by atoms with Crippen molar-refractivity contribution in [2.45, 2.75) is 26.2 Å². The largest absolute Gasteiger partial charge is 0.324 e. The molecule has 2 rings (SSSR count). The molecule has 1 aliphatic rings. The van der Waals surface area contributed by atoms with Crippen LogP contribution in [0.15, 0.2) is 18.2 Å². The second kappa shape index (κ2) is 7.83. The first-order valence-electron chi connectivity index (χ1n) is 7.57. The molecule has 1 aliphatic heterocycles. The number of rotatable bonds is 5. The fourth-order valence-electron chi connectivity index (χ4n) is 2.62. The molecule has 0 bridgehead atoms. The van der Waals surface area contributed by atoms with Crippen molar-refractivity contribution >= 4 is 44.8 Å². The van der Waals surface area contributed by atoms with Gasteiger partial charge in [-0.1, -0.05) is 30.1 Å². The zero-order chi connectivity index (χ0) is 17.0. The first-order valence-corrected chi connectivity index (χ1v) is 9.93. The first kappa shape index (κ1) is 18.5. The van der Waals surface area contributed by atoms with Gasteiger partial charge in [-0.15, -0.1) is 0 Å². The van der Waals surface area contributed by atoms with Gasteiger partial charge in [0, 0.05) is 18.1 Å². The van der Waals surface area contributed by atoms with Crippen LogP contribution in [0.5, 0.6) is 0 Å². The van der Waals surface area contributed by atoms with Gasteiger partial charge in [-0.05, 0) is 37.5 Å². The molecule has 1 heterocycles. The summed E-state index contributed by atoms with van der Waals surface area (Å²) < 4.78 is 25.8. The van der Waals surface area contributed by atoms with E-state index in [0.29, 0.717) is 41.5 Å². The molecular weight excluding hydrogens is 359 g/mol. The number of carbonyl (C=O) groups is 1. The van der Waals surface area contributed by atoms with E-state index >= 15 is 0 Å². The highest BCUT2D eigenvalue weighted by atomic mass is 35.5. The molecule has 1 amide bonds. The fraction of sp³-hybridized carbons (Fsp3) is 0.533. The van der Waals surface area contributed by atoms with E-state index in [1.807, 2.05) is 6.92 Å². The Kier molecular flexibility index (Phi) is 6.31. The van der Waals surface area contributed by atoms with E-state index in [0.717, 1.165) is 0 Å². The van der Waals surface area contributed by atoms with Gasteiger partial charge in [0.25, 0.3) is 0 Å². The number of halogens is 2. The SMILES string of the molecule is CCCS(=O)(=O)N1CCC[C@@H](C(=O)Nc2cc(Cl)ccc2Cl)C1. The number of anilines is 1. The van der Waals surface area contributed by atoms with Crippen LogP contribution in [-0.4, -0.2) is 37.5 Å². The number of nitrogens with zero attached hydrogens (tertiary/aromatic N) is 1. The Morgan fingerprint density at radius 3 is 2.83 bits per heavy atom. The third kappa shape index (κ3) is 4.83. The summed E-state index contributed by atoms with van der Waals surface area (Å²) in [6.07, 6.45) is 1.89. The second-order valence-electron chi connectivity index (χ2n) is 5.63. The summed E-state index contributed by atoms with van der Waals surface area (Å²) >= 11 is 11.9.